The van der Waals surface area contributed by atoms with Crippen LogP contribution in [0.15, 0.2) is 30.3 Å². The molecule has 4 heteroatoms. The van der Waals surface area contributed by atoms with Crippen molar-refractivity contribution in [2.75, 3.05) is 52.4 Å². The van der Waals surface area contributed by atoms with Crippen molar-refractivity contribution in [2.45, 2.75) is 18.4 Å². The number of piperazine rings is 1. The first-order valence-electron chi connectivity index (χ1n) is 8.21. The molecule has 21 heavy (non-hydrogen) atoms. The topological polar surface area (TPSA) is 38.7 Å². The maximum absolute atomic E-state index is 9.06. The van der Waals surface area contributed by atoms with Gasteiger partial charge in [-0.3, -0.25) is 9.80 Å². The van der Waals surface area contributed by atoms with Gasteiger partial charge in [-0.1, -0.05) is 30.3 Å². The highest BCUT2D eigenvalue weighted by Crippen LogP contribution is 2.28. The van der Waals surface area contributed by atoms with Crippen LogP contribution in [-0.2, 0) is 0 Å². The molecule has 2 atom stereocenters. The molecule has 1 aromatic carbocycles. The number of β-amino-alcohol motifs (C(OH)–C–C–N with tert-alkyl or cyclic N) is 1. The summed E-state index contributed by atoms with van der Waals surface area (Å²) in [6, 6.07) is 11.6. The molecule has 3 rings (SSSR count). The predicted octanol–water partition coefficient (Wildman–Crippen LogP) is 0.742. The molecule has 0 aromatic heterocycles. The molecule has 0 amide bonds. The lowest BCUT2D eigenvalue weighted by molar-refractivity contribution is 0.0637. The van der Waals surface area contributed by atoms with Crippen molar-refractivity contribution >= 4 is 0 Å². The molecule has 2 fully saturated rings. The van der Waals surface area contributed by atoms with Crippen molar-refractivity contribution in [3.8, 4) is 0 Å². The van der Waals surface area contributed by atoms with E-state index in [-0.39, 0.29) is 6.61 Å². The molecule has 2 aliphatic rings. The molecule has 2 heterocycles. The van der Waals surface area contributed by atoms with E-state index in [2.05, 4.69) is 45.4 Å². The van der Waals surface area contributed by atoms with E-state index in [1.54, 1.807) is 0 Å². The van der Waals surface area contributed by atoms with Crippen LogP contribution in [0.2, 0.25) is 0 Å². The Balaban J connectivity index is 1.65. The Hall–Kier alpha value is -0.940. The first-order valence-corrected chi connectivity index (χ1v) is 8.21. The van der Waals surface area contributed by atoms with E-state index in [9.17, 15) is 0 Å². The summed E-state index contributed by atoms with van der Waals surface area (Å²) in [5.74, 6) is 0.601. The molecule has 1 aromatic rings. The lowest BCUT2D eigenvalue weighted by atomic mass is 9.85. The van der Waals surface area contributed by atoms with Gasteiger partial charge in [0.05, 0.1) is 6.61 Å². The Morgan fingerprint density at radius 1 is 1.10 bits per heavy atom. The summed E-state index contributed by atoms with van der Waals surface area (Å²) in [7, 11) is 0. The van der Waals surface area contributed by atoms with E-state index in [0.717, 1.165) is 45.8 Å². The van der Waals surface area contributed by atoms with Crippen molar-refractivity contribution < 1.29 is 5.11 Å². The van der Waals surface area contributed by atoms with Gasteiger partial charge in [-0.25, -0.2) is 0 Å². The molecule has 2 unspecified atom stereocenters. The molecular weight excluding hydrogens is 262 g/mol. The Morgan fingerprint density at radius 3 is 2.57 bits per heavy atom. The van der Waals surface area contributed by atoms with E-state index in [1.807, 2.05) is 0 Å². The molecule has 0 saturated carbocycles. The highest BCUT2D eigenvalue weighted by molar-refractivity contribution is 5.22. The normalized spacial score (nSPS) is 28.6. The summed E-state index contributed by atoms with van der Waals surface area (Å²) in [5, 5.41) is 12.6. The number of aliphatic hydroxyl groups is 1. The van der Waals surface area contributed by atoms with Crippen LogP contribution in [-0.4, -0.2) is 73.4 Å². The van der Waals surface area contributed by atoms with Gasteiger partial charge < -0.3 is 10.4 Å². The summed E-state index contributed by atoms with van der Waals surface area (Å²) < 4.78 is 0. The van der Waals surface area contributed by atoms with Crippen LogP contribution >= 0.6 is 0 Å². The zero-order valence-electron chi connectivity index (χ0n) is 12.7. The second kappa shape index (κ2) is 7.36. The molecule has 2 N–H and O–H groups in total. The molecule has 2 aliphatic heterocycles. The fraction of sp³-hybridized carbons (Fsp3) is 0.647. The van der Waals surface area contributed by atoms with Gasteiger partial charge in [0.1, 0.15) is 0 Å². The smallest absolute Gasteiger partial charge is 0.0558 e. The molecule has 0 radical (unpaired) electrons. The van der Waals surface area contributed by atoms with Crippen molar-refractivity contribution in [3.05, 3.63) is 35.9 Å². The number of aliphatic hydroxyl groups excluding tert-OH is 1. The Bertz CT molecular complexity index is 417. The summed E-state index contributed by atoms with van der Waals surface area (Å²) >= 11 is 0. The molecule has 0 bridgehead atoms. The summed E-state index contributed by atoms with van der Waals surface area (Å²) in [6.07, 6.45) is 1.24. The van der Waals surface area contributed by atoms with Gasteiger partial charge in [-0.2, -0.15) is 0 Å². The molecule has 116 valence electrons. The van der Waals surface area contributed by atoms with Crippen LogP contribution in [0.4, 0.5) is 0 Å². The van der Waals surface area contributed by atoms with Crippen molar-refractivity contribution in [2.24, 2.45) is 0 Å². The lowest BCUT2D eigenvalue weighted by Crippen LogP contribution is -2.55. The second-order valence-electron chi connectivity index (χ2n) is 6.18. The number of nitrogens with one attached hydrogen (secondary N) is 1. The third-order valence-electron chi connectivity index (χ3n) is 4.97. The SMILES string of the molecule is OCCN1CCN(C2CCNCC2c2ccccc2)CC1. The number of nitrogens with zero attached hydrogens (tertiary/aromatic N) is 2. The average Bonchev–Trinajstić information content (AvgIpc) is 2.57. The maximum atomic E-state index is 9.06. The van der Waals surface area contributed by atoms with Crippen molar-refractivity contribution in [1.82, 2.24) is 15.1 Å². The number of rotatable bonds is 4. The van der Waals surface area contributed by atoms with E-state index in [1.165, 1.54) is 12.0 Å². The zero-order chi connectivity index (χ0) is 14.5. The lowest BCUT2D eigenvalue weighted by Gasteiger charge is -2.44. The largest absolute Gasteiger partial charge is 0.395 e. The van der Waals surface area contributed by atoms with Gasteiger partial charge in [-0.05, 0) is 18.5 Å². The van der Waals surface area contributed by atoms with Crippen molar-refractivity contribution in [1.29, 1.82) is 0 Å². The van der Waals surface area contributed by atoms with Gasteiger partial charge in [0.25, 0.3) is 0 Å². The van der Waals surface area contributed by atoms with Crippen LogP contribution in [0.1, 0.15) is 17.9 Å². The predicted molar refractivity (Wildman–Crippen MR) is 85.6 cm³/mol. The summed E-state index contributed by atoms with van der Waals surface area (Å²) in [6.45, 7) is 7.76. The average molecular weight is 289 g/mol. The van der Waals surface area contributed by atoms with E-state index >= 15 is 0 Å². The minimum absolute atomic E-state index is 0.278. The van der Waals surface area contributed by atoms with Crippen LogP contribution in [0.25, 0.3) is 0 Å². The monoisotopic (exact) mass is 289 g/mol. The fourth-order valence-corrected chi connectivity index (χ4v) is 3.78. The standard InChI is InChI=1S/C17H27N3O/c21-13-12-19-8-10-20(11-9-19)17-6-7-18-14-16(17)15-4-2-1-3-5-15/h1-5,16-18,21H,6-14H2. The zero-order valence-corrected chi connectivity index (χ0v) is 12.7. The minimum Gasteiger partial charge on any atom is -0.395 e. The minimum atomic E-state index is 0.278. The number of benzene rings is 1. The van der Waals surface area contributed by atoms with Gasteiger partial charge in [-0.15, -0.1) is 0 Å². The second-order valence-corrected chi connectivity index (χ2v) is 6.18. The van der Waals surface area contributed by atoms with Crippen LogP contribution in [0.3, 0.4) is 0 Å². The quantitative estimate of drug-likeness (QED) is 0.858. The fourth-order valence-electron chi connectivity index (χ4n) is 3.78. The van der Waals surface area contributed by atoms with Gasteiger partial charge in [0.2, 0.25) is 0 Å². The Kier molecular flexibility index (Phi) is 5.25. The molecule has 2 saturated heterocycles. The first-order chi connectivity index (χ1) is 10.4. The molecule has 0 spiro atoms. The van der Waals surface area contributed by atoms with Crippen LogP contribution < -0.4 is 5.32 Å². The Labute approximate surface area is 127 Å². The van der Waals surface area contributed by atoms with Gasteiger partial charge >= 0.3 is 0 Å². The Morgan fingerprint density at radius 2 is 1.86 bits per heavy atom. The third-order valence-corrected chi connectivity index (χ3v) is 4.97. The first kappa shape index (κ1) is 15.0. The third kappa shape index (κ3) is 3.64. The number of piperidine rings is 1. The summed E-state index contributed by atoms with van der Waals surface area (Å²) in [4.78, 5) is 5.04. The van der Waals surface area contributed by atoms with E-state index in [0.29, 0.717) is 12.0 Å². The summed E-state index contributed by atoms with van der Waals surface area (Å²) in [5.41, 5.74) is 1.47. The van der Waals surface area contributed by atoms with Gasteiger partial charge in [0, 0.05) is 51.2 Å². The highest BCUT2D eigenvalue weighted by Gasteiger charge is 2.32. The molecule has 4 nitrogen and oxygen atoms in total. The van der Waals surface area contributed by atoms with E-state index in [4.69, 9.17) is 5.11 Å². The maximum Gasteiger partial charge on any atom is 0.0558 e. The number of hydrogen-bond acceptors (Lipinski definition) is 4. The van der Waals surface area contributed by atoms with Crippen LogP contribution in [0.5, 0.6) is 0 Å². The van der Waals surface area contributed by atoms with Gasteiger partial charge in [0.15, 0.2) is 0 Å². The molecular formula is C17H27N3O. The van der Waals surface area contributed by atoms with E-state index < -0.39 is 0 Å². The highest BCUT2D eigenvalue weighted by atomic mass is 16.3. The number of hydrogen-bond donors (Lipinski definition) is 2. The van der Waals surface area contributed by atoms with Crippen LogP contribution in [0, 0.1) is 0 Å². The molecule has 0 aliphatic carbocycles. The van der Waals surface area contributed by atoms with Crippen molar-refractivity contribution in [3.63, 3.8) is 0 Å².